The zero-order valence-electron chi connectivity index (χ0n) is 16.3. The highest BCUT2D eigenvalue weighted by Gasteiger charge is 2.26. The van der Waals surface area contributed by atoms with Crippen LogP contribution in [0.25, 0.3) is 0 Å². The minimum Gasteiger partial charge on any atom is -0.497 e. The zero-order chi connectivity index (χ0) is 20.5. The number of nitrogens with one attached hydrogen (secondary N) is 1. The summed E-state index contributed by atoms with van der Waals surface area (Å²) in [5, 5.41) is 2.71. The van der Waals surface area contributed by atoms with E-state index in [0.29, 0.717) is 12.3 Å². The van der Waals surface area contributed by atoms with Crippen LogP contribution >= 0.6 is 0 Å². The predicted octanol–water partition coefficient (Wildman–Crippen LogP) is 2.77. The van der Waals surface area contributed by atoms with Crippen molar-refractivity contribution < 1.29 is 23.5 Å². The monoisotopic (exact) mass is 388 g/mol. The molecule has 0 aliphatic carbocycles. The van der Waals surface area contributed by atoms with Crippen molar-refractivity contribution in [3.05, 3.63) is 59.9 Å². The molecule has 0 saturated carbocycles. The Balaban J connectivity index is 2.17. The summed E-state index contributed by atoms with van der Waals surface area (Å²) in [6, 6.07) is 12.4. The van der Waals surface area contributed by atoms with Crippen LogP contribution < -0.4 is 14.8 Å². The van der Waals surface area contributed by atoms with Crippen molar-refractivity contribution in [2.24, 2.45) is 0 Å². The molecule has 7 heteroatoms. The lowest BCUT2D eigenvalue weighted by atomic mass is 10.1. The Morgan fingerprint density at radius 2 is 1.93 bits per heavy atom. The number of amides is 2. The second-order valence-corrected chi connectivity index (χ2v) is 6.16. The number of ether oxygens (including phenoxy) is 2. The quantitative estimate of drug-likeness (QED) is 0.717. The number of carbonyl (C=O) groups is 2. The van der Waals surface area contributed by atoms with Gasteiger partial charge in [0.2, 0.25) is 5.91 Å². The summed E-state index contributed by atoms with van der Waals surface area (Å²) in [5.74, 6) is -0.609. The molecule has 1 N–H and O–H groups in total. The number of hydrogen-bond acceptors (Lipinski definition) is 4. The second kappa shape index (κ2) is 10.3. The highest BCUT2D eigenvalue weighted by atomic mass is 19.1. The van der Waals surface area contributed by atoms with E-state index in [-0.39, 0.29) is 24.8 Å². The average Bonchev–Trinajstić information content (AvgIpc) is 2.71. The first-order chi connectivity index (χ1) is 13.5. The third kappa shape index (κ3) is 5.70. The van der Waals surface area contributed by atoms with Gasteiger partial charge in [-0.15, -0.1) is 0 Å². The standard InChI is InChI=1S/C21H25FN2O4/c1-4-23-21(26)15(2)24(13-16-8-7-9-17(12-16)27-3)20(25)14-28-19-11-6-5-10-18(19)22/h5-12,15H,4,13-14H2,1-3H3,(H,23,26). The lowest BCUT2D eigenvalue weighted by Gasteiger charge is -2.28. The summed E-state index contributed by atoms with van der Waals surface area (Å²) in [6.45, 7) is 3.71. The second-order valence-electron chi connectivity index (χ2n) is 6.16. The Kier molecular flexibility index (Phi) is 7.80. The van der Waals surface area contributed by atoms with E-state index < -0.39 is 17.8 Å². The van der Waals surface area contributed by atoms with Crippen molar-refractivity contribution in [3.63, 3.8) is 0 Å². The molecule has 0 aliphatic heterocycles. The zero-order valence-corrected chi connectivity index (χ0v) is 16.3. The number of carbonyl (C=O) groups excluding carboxylic acids is 2. The number of para-hydroxylation sites is 1. The minimum absolute atomic E-state index is 0.0113. The van der Waals surface area contributed by atoms with Crippen molar-refractivity contribution in [1.82, 2.24) is 10.2 Å². The first-order valence-electron chi connectivity index (χ1n) is 9.03. The number of halogens is 1. The van der Waals surface area contributed by atoms with Crippen LogP contribution in [0.5, 0.6) is 11.5 Å². The minimum atomic E-state index is -0.720. The first-order valence-corrected chi connectivity index (χ1v) is 9.03. The molecule has 2 amide bonds. The SMILES string of the molecule is CCNC(=O)C(C)N(Cc1cccc(OC)c1)C(=O)COc1ccccc1F. The lowest BCUT2D eigenvalue weighted by Crippen LogP contribution is -2.49. The number of nitrogens with zero attached hydrogens (tertiary/aromatic N) is 1. The van der Waals surface area contributed by atoms with Gasteiger partial charge in [0.1, 0.15) is 11.8 Å². The highest BCUT2D eigenvalue weighted by Crippen LogP contribution is 2.18. The van der Waals surface area contributed by atoms with Crippen LogP contribution in [0.4, 0.5) is 4.39 Å². The van der Waals surface area contributed by atoms with Gasteiger partial charge in [0.15, 0.2) is 18.2 Å². The normalized spacial score (nSPS) is 11.4. The van der Waals surface area contributed by atoms with E-state index in [1.165, 1.54) is 23.1 Å². The summed E-state index contributed by atoms with van der Waals surface area (Å²) in [4.78, 5) is 26.5. The Labute approximate surface area is 164 Å². The largest absolute Gasteiger partial charge is 0.497 e. The van der Waals surface area contributed by atoms with Crippen LogP contribution in [0.3, 0.4) is 0 Å². The van der Waals surface area contributed by atoms with E-state index in [0.717, 1.165) is 5.56 Å². The molecule has 6 nitrogen and oxygen atoms in total. The van der Waals surface area contributed by atoms with Gasteiger partial charge in [-0.1, -0.05) is 24.3 Å². The van der Waals surface area contributed by atoms with Crippen molar-refractivity contribution in [2.45, 2.75) is 26.4 Å². The van der Waals surface area contributed by atoms with Gasteiger partial charge in [-0.25, -0.2) is 4.39 Å². The molecule has 2 rings (SSSR count). The van der Waals surface area contributed by atoms with Gasteiger partial charge in [-0.3, -0.25) is 9.59 Å². The molecule has 2 aromatic carbocycles. The summed E-state index contributed by atoms with van der Waals surface area (Å²) >= 11 is 0. The van der Waals surface area contributed by atoms with Gasteiger partial charge in [0.05, 0.1) is 7.11 Å². The van der Waals surface area contributed by atoms with Gasteiger partial charge in [-0.05, 0) is 43.7 Å². The number of rotatable bonds is 9. The summed E-state index contributed by atoms with van der Waals surface area (Å²) < 4.78 is 24.3. The lowest BCUT2D eigenvalue weighted by molar-refractivity contribution is -0.142. The molecule has 0 aliphatic rings. The Morgan fingerprint density at radius 1 is 1.18 bits per heavy atom. The Bertz CT molecular complexity index is 812. The molecule has 0 heterocycles. The van der Waals surface area contributed by atoms with Crippen molar-refractivity contribution in [1.29, 1.82) is 0 Å². The Morgan fingerprint density at radius 3 is 2.61 bits per heavy atom. The number of hydrogen-bond donors (Lipinski definition) is 1. The fourth-order valence-corrected chi connectivity index (χ4v) is 2.66. The molecule has 0 spiro atoms. The number of likely N-dealkylation sites (N-methyl/N-ethyl adjacent to an activating group) is 1. The molecule has 150 valence electrons. The van der Waals surface area contributed by atoms with Crippen molar-refractivity contribution in [2.75, 3.05) is 20.3 Å². The summed E-state index contributed by atoms with van der Waals surface area (Å²) in [5.41, 5.74) is 0.801. The fraction of sp³-hybridized carbons (Fsp3) is 0.333. The maximum atomic E-state index is 13.7. The molecule has 1 unspecified atom stereocenters. The average molecular weight is 388 g/mol. The maximum absolute atomic E-state index is 13.7. The van der Waals surface area contributed by atoms with E-state index in [4.69, 9.17) is 9.47 Å². The van der Waals surface area contributed by atoms with Gasteiger partial charge in [0, 0.05) is 13.1 Å². The topological polar surface area (TPSA) is 67.9 Å². The third-order valence-electron chi connectivity index (χ3n) is 4.19. The molecule has 1 atom stereocenters. The van der Waals surface area contributed by atoms with Crippen molar-refractivity contribution >= 4 is 11.8 Å². The maximum Gasteiger partial charge on any atom is 0.261 e. The van der Waals surface area contributed by atoms with E-state index in [1.807, 2.05) is 12.1 Å². The van der Waals surface area contributed by atoms with Gasteiger partial charge in [0.25, 0.3) is 5.91 Å². The van der Waals surface area contributed by atoms with Crippen molar-refractivity contribution in [3.8, 4) is 11.5 Å². The van der Waals surface area contributed by atoms with Gasteiger partial charge < -0.3 is 19.7 Å². The first kappa shape index (κ1) is 21.2. The van der Waals surface area contributed by atoms with Crippen LogP contribution in [0.1, 0.15) is 19.4 Å². The van der Waals surface area contributed by atoms with Gasteiger partial charge >= 0.3 is 0 Å². The van der Waals surface area contributed by atoms with Gasteiger partial charge in [-0.2, -0.15) is 0 Å². The van der Waals surface area contributed by atoms with E-state index in [1.54, 1.807) is 39.2 Å². The molecule has 0 bridgehead atoms. The molecular formula is C21H25FN2O4. The molecule has 28 heavy (non-hydrogen) atoms. The van der Waals surface area contributed by atoms with Crippen LogP contribution in [-0.2, 0) is 16.1 Å². The molecular weight excluding hydrogens is 363 g/mol. The summed E-state index contributed by atoms with van der Waals surface area (Å²) in [6.07, 6.45) is 0. The molecule has 2 aromatic rings. The van der Waals surface area contributed by atoms with Crippen LogP contribution in [0.2, 0.25) is 0 Å². The number of methoxy groups -OCH3 is 1. The van der Waals surface area contributed by atoms with E-state index in [2.05, 4.69) is 5.32 Å². The molecule has 0 aromatic heterocycles. The predicted molar refractivity (Wildman–Crippen MR) is 104 cm³/mol. The summed E-state index contributed by atoms with van der Waals surface area (Å²) in [7, 11) is 1.56. The Hall–Kier alpha value is -3.09. The highest BCUT2D eigenvalue weighted by molar-refractivity contribution is 5.87. The van der Waals surface area contributed by atoms with Crippen LogP contribution in [-0.4, -0.2) is 43.0 Å². The molecule has 0 fully saturated rings. The molecule has 0 saturated heterocycles. The van der Waals surface area contributed by atoms with Crippen LogP contribution in [0.15, 0.2) is 48.5 Å². The van der Waals surface area contributed by atoms with E-state index >= 15 is 0 Å². The van der Waals surface area contributed by atoms with Crippen LogP contribution in [0, 0.1) is 5.82 Å². The molecule has 0 radical (unpaired) electrons. The van der Waals surface area contributed by atoms with E-state index in [9.17, 15) is 14.0 Å². The number of benzene rings is 2. The smallest absolute Gasteiger partial charge is 0.261 e. The fourth-order valence-electron chi connectivity index (χ4n) is 2.66. The third-order valence-corrected chi connectivity index (χ3v) is 4.19.